The predicted molar refractivity (Wildman–Crippen MR) is 84.3 cm³/mol. The van der Waals surface area contributed by atoms with E-state index < -0.39 is 0 Å². The molecule has 2 nitrogen and oxygen atoms in total. The number of nitrogens with one attached hydrogen (secondary N) is 2. The average molecular weight is 341 g/mol. The van der Waals surface area contributed by atoms with Crippen molar-refractivity contribution in [3.8, 4) is 0 Å². The summed E-state index contributed by atoms with van der Waals surface area (Å²) >= 11 is 0. The molecule has 112 valence electrons. The summed E-state index contributed by atoms with van der Waals surface area (Å²) in [7, 11) is 0.120. The zero-order chi connectivity index (χ0) is 14.3. The largest absolute Gasteiger partial charge is 4.00 e. The Kier molecular flexibility index (Phi) is 44.7. The molecule has 0 aliphatic heterocycles. The van der Waals surface area contributed by atoms with Gasteiger partial charge in [-0.15, -0.1) is 12.1 Å². The molecule has 0 atom stereocenters. The van der Waals surface area contributed by atoms with Crippen LogP contribution in [0, 0.1) is 0 Å². The molecule has 5 heteroatoms. The van der Waals surface area contributed by atoms with E-state index in [4.69, 9.17) is 11.5 Å². The molecule has 0 amide bonds. The predicted octanol–water partition coefficient (Wildman–Crippen LogP) is 2.67. The van der Waals surface area contributed by atoms with E-state index in [1.807, 2.05) is 58.0 Å². The van der Waals surface area contributed by atoms with Crippen molar-refractivity contribution < 1.29 is 31.0 Å². The third-order valence-electron chi connectivity index (χ3n) is 0.556. The van der Waals surface area contributed by atoms with E-state index in [1.54, 1.807) is 0 Å². The van der Waals surface area contributed by atoms with E-state index in [2.05, 4.69) is 19.6 Å². The summed E-state index contributed by atoms with van der Waals surface area (Å²) in [5, 5.41) is 0. The van der Waals surface area contributed by atoms with Crippen molar-refractivity contribution in [2.45, 2.75) is 59.4 Å². The summed E-state index contributed by atoms with van der Waals surface area (Å²) in [6, 6.07) is 10.2. The first-order valence-electron chi connectivity index (χ1n) is 6.05. The Labute approximate surface area is 141 Å². The quantitative estimate of drug-likeness (QED) is 0.515. The van der Waals surface area contributed by atoms with Crippen LogP contribution in [-0.2, 0) is 18.6 Å². The van der Waals surface area contributed by atoms with Crippen LogP contribution < -0.4 is 12.4 Å². The molecule has 0 bridgehead atoms. The Bertz CT molecular complexity index is 154. The minimum absolute atomic E-state index is 0. The number of rotatable bonds is 0. The summed E-state index contributed by atoms with van der Waals surface area (Å²) in [5.74, 6) is 0. The first-order chi connectivity index (χ1) is 7.70. The molecule has 19 heavy (non-hydrogen) atoms. The smallest absolute Gasteiger partial charge is 1.00 e. The Hall–Kier alpha value is 0.361. The van der Waals surface area contributed by atoms with Crippen LogP contribution in [0.3, 0.4) is 0 Å². The third kappa shape index (κ3) is 171. The Morgan fingerprint density at radius 3 is 1.05 bits per heavy atom. The van der Waals surface area contributed by atoms with Crippen molar-refractivity contribution in [3.05, 3.63) is 41.8 Å². The molecule has 0 unspecified atom stereocenters. The van der Waals surface area contributed by atoms with Gasteiger partial charge in [-0.1, -0.05) is 47.3 Å². The van der Waals surface area contributed by atoms with E-state index in [9.17, 15) is 0 Å². The average Bonchev–Trinajstić information content (AvgIpc) is 2.53. The van der Waals surface area contributed by atoms with Crippen molar-refractivity contribution in [3.63, 3.8) is 0 Å². The first-order valence-corrected chi connectivity index (χ1v) is 9.05. The van der Waals surface area contributed by atoms with Gasteiger partial charge in [0.05, 0.1) is 0 Å². The molecular formula is C14H30ClN2SiV. The van der Waals surface area contributed by atoms with E-state index in [1.165, 1.54) is 0 Å². The van der Waals surface area contributed by atoms with E-state index >= 15 is 0 Å². The summed E-state index contributed by atoms with van der Waals surface area (Å²) in [4.78, 5) is 0. The second kappa shape index (κ2) is 26.8. The van der Waals surface area contributed by atoms with Crippen LogP contribution in [0.1, 0.15) is 27.7 Å². The van der Waals surface area contributed by atoms with Crippen molar-refractivity contribution in [1.82, 2.24) is 0 Å². The minimum atomic E-state index is 0. The van der Waals surface area contributed by atoms with Gasteiger partial charge in [0, 0.05) is 8.80 Å². The second-order valence-corrected chi connectivity index (χ2v) is 7.77. The van der Waals surface area contributed by atoms with E-state index in [0.29, 0.717) is 0 Å². The molecule has 2 radical (unpaired) electrons. The molecule has 0 spiro atoms. The minimum Gasteiger partial charge on any atom is -1.00 e. The molecule has 0 saturated heterocycles. The van der Waals surface area contributed by atoms with Crippen LogP contribution in [0.4, 0.5) is 0 Å². The maximum atomic E-state index is 6.58. The van der Waals surface area contributed by atoms with Gasteiger partial charge in [0.2, 0.25) is 0 Å². The molecule has 1 aromatic rings. The maximum absolute atomic E-state index is 6.58. The topological polar surface area (TPSA) is 47.6 Å². The van der Waals surface area contributed by atoms with Crippen molar-refractivity contribution >= 4 is 8.80 Å². The Morgan fingerprint density at radius 2 is 1.00 bits per heavy atom. The number of hydrogen-bond acceptors (Lipinski definition) is 0. The first kappa shape index (κ1) is 31.6. The second-order valence-electron chi connectivity index (χ2n) is 4.77. The molecule has 2 N–H and O–H groups in total. The fraction of sp³-hybridized carbons (Fsp3) is 0.643. The van der Waals surface area contributed by atoms with Crippen molar-refractivity contribution in [2.24, 2.45) is 0 Å². The van der Waals surface area contributed by atoms with E-state index in [0.717, 1.165) is 0 Å². The molecule has 0 heterocycles. The van der Waals surface area contributed by atoms with Gasteiger partial charge >= 0.3 is 18.6 Å². The molecule has 1 aromatic carbocycles. The van der Waals surface area contributed by atoms with E-state index in [-0.39, 0.29) is 51.8 Å². The molecule has 1 rings (SSSR count). The number of halogens is 1. The van der Waals surface area contributed by atoms with Crippen LogP contribution in [0.25, 0.3) is 11.5 Å². The Morgan fingerprint density at radius 1 is 0.842 bits per heavy atom. The van der Waals surface area contributed by atoms with Crippen LogP contribution in [0.15, 0.2) is 30.3 Å². The van der Waals surface area contributed by atoms with Crippen LogP contribution in [0.5, 0.6) is 0 Å². The van der Waals surface area contributed by atoms with Gasteiger partial charge in [0.1, 0.15) is 0 Å². The molecular weight excluding hydrogens is 311 g/mol. The van der Waals surface area contributed by atoms with Gasteiger partial charge in [-0.3, -0.25) is 0 Å². The zero-order valence-electron chi connectivity index (χ0n) is 13.4. The van der Waals surface area contributed by atoms with Gasteiger partial charge in [-0.05, 0) is 0 Å². The molecule has 0 aliphatic carbocycles. The standard InChI is InChI=1S/C5H5.2C3H8N.C3H9Si.ClH.V/c1-2-4-5-3-1;2*1-3(2)4;1-4(2)3;;/h1-5H;2*3-4H,1-2H3;1-3H3;1H;/q3*-1;;;+4/p-1. The molecule has 0 aliphatic rings. The molecule has 0 aromatic heterocycles. The zero-order valence-corrected chi connectivity index (χ0v) is 16.5. The van der Waals surface area contributed by atoms with Crippen LogP contribution in [-0.4, -0.2) is 20.9 Å². The normalized spacial score (nSPS) is 7.79. The monoisotopic (exact) mass is 340 g/mol. The third-order valence-corrected chi connectivity index (χ3v) is 0.556. The van der Waals surface area contributed by atoms with Crippen LogP contribution >= 0.6 is 0 Å². The number of hydrogen-bond donors (Lipinski definition) is 0. The Balaban J connectivity index is -0.0000000447. The summed E-state index contributed by atoms with van der Waals surface area (Å²) in [5.41, 5.74) is 13.2. The summed E-state index contributed by atoms with van der Waals surface area (Å²) in [6.45, 7) is 14.1. The SMILES string of the molecule is CC(C)[NH-].CC(C)[NH-].C[Si](C)C.[Cl-].[V+4].c1cc[cH-]c1. The van der Waals surface area contributed by atoms with Crippen molar-refractivity contribution in [2.75, 3.05) is 0 Å². The van der Waals surface area contributed by atoms with Gasteiger partial charge in [-0.2, -0.15) is 18.2 Å². The fourth-order valence-electron chi connectivity index (χ4n) is 0.321. The van der Waals surface area contributed by atoms with Gasteiger partial charge in [-0.25, -0.2) is 12.1 Å². The summed E-state index contributed by atoms with van der Waals surface area (Å²) < 4.78 is 0. The van der Waals surface area contributed by atoms with Crippen molar-refractivity contribution in [1.29, 1.82) is 0 Å². The van der Waals surface area contributed by atoms with Gasteiger partial charge < -0.3 is 23.9 Å². The fourth-order valence-corrected chi connectivity index (χ4v) is 0.321. The van der Waals surface area contributed by atoms with Crippen LogP contribution in [0.2, 0.25) is 19.6 Å². The maximum Gasteiger partial charge on any atom is 4.00 e. The molecule has 0 fully saturated rings. The summed E-state index contributed by atoms with van der Waals surface area (Å²) in [6.07, 6.45) is 0. The van der Waals surface area contributed by atoms with Gasteiger partial charge in [0.25, 0.3) is 0 Å². The molecule has 0 saturated carbocycles. The van der Waals surface area contributed by atoms with Gasteiger partial charge in [0.15, 0.2) is 0 Å².